The zero-order valence-corrected chi connectivity index (χ0v) is 13.1. The number of imidazole rings is 1. The minimum Gasteiger partial charge on any atom is -0.327 e. The molecule has 0 saturated heterocycles. The van der Waals surface area contributed by atoms with Crippen LogP contribution in [0.3, 0.4) is 0 Å². The molecule has 2 N–H and O–H groups in total. The van der Waals surface area contributed by atoms with Crippen LogP contribution in [0.4, 0.5) is 0 Å². The number of benzene rings is 2. The number of aromatic nitrogens is 2. The minimum absolute atomic E-state index is 0.505. The lowest BCUT2D eigenvalue weighted by atomic mass is 10.1. The summed E-state index contributed by atoms with van der Waals surface area (Å²) < 4.78 is 3.23. The van der Waals surface area contributed by atoms with E-state index in [1.165, 1.54) is 5.56 Å². The molecule has 0 radical (unpaired) electrons. The van der Waals surface area contributed by atoms with Gasteiger partial charge < -0.3 is 10.3 Å². The van der Waals surface area contributed by atoms with E-state index < -0.39 is 0 Å². The van der Waals surface area contributed by atoms with Crippen LogP contribution in [0, 0.1) is 6.92 Å². The average Bonchev–Trinajstić information content (AvgIpc) is 2.79. The van der Waals surface area contributed by atoms with Crippen LogP contribution in [0.5, 0.6) is 0 Å². The van der Waals surface area contributed by atoms with Gasteiger partial charge >= 0.3 is 0 Å². The lowest BCUT2D eigenvalue weighted by Gasteiger charge is -2.07. The van der Waals surface area contributed by atoms with Crippen LogP contribution >= 0.6 is 15.9 Å². The van der Waals surface area contributed by atoms with Gasteiger partial charge in [-0.15, -0.1) is 0 Å². The molecule has 0 unspecified atom stereocenters. The third-order valence-electron chi connectivity index (χ3n) is 3.72. The molecule has 3 rings (SSSR count). The van der Waals surface area contributed by atoms with Gasteiger partial charge in [0.05, 0.1) is 11.0 Å². The standard InChI is InChI=1S/C16H16BrN3/c1-10-12(6-4-7-13(10)17)16-19-15-11(9-18)5-3-8-14(15)20(16)2/h3-8H,9,18H2,1-2H3. The van der Waals surface area contributed by atoms with Crippen LogP contribution in [-0.2, 0) is 13.6 Å². The molecule has 20 heavy (non-hydrogen) atoms. The normalized spacial score (nSPS) is 11.2. The van der Waals surface area contributed by atoms with Gasteiger partial charge in [-0.3, -0.25) is 0 Å². The van der Waals surface area contributed by atoms with Crippen LogP contribution in [0.1, 0.15) is 11.1 Å². The second-order valence-electron chi connectivity index (χ2n) is 4.90. The molecule has 0 atom stereocenters. The summed E-state index contributed by atoms with van der Waals surface area (Å²) in [4.78, 5) is 4.82. The fraction of sp³-hybridized carbons (Fsp3) is 0.188. The first-order chi connectivity index (χ1) is 9.63. The summed E-state index contributed by atoms with van der Waals surface area (Å²) in [5.41, 5.74) is 11.3. The molecule has 0 aliphatic heterocycles. The maximum Gasteiger partial charge on any atom is 0.141 e. The van der Waals surface area contributed by atoms with Crippen molar-refractivity contribution in [1.82, 2.24) is 9.55 Å². The fourth-order valence-corrected chi connectivity index (χ4v) is 2.89. The van der Waals surface area contributed by atoms with E-state index in [2.05, 4.69) is 39.6 Å². The molecule has 0 aliphatic rings. The first-order valence-electron chi connectivity index (χ1n) is 6.53. The molecule has 0 bridgehead atoms. The Hall–Kier alpha value is -1.65. The lowest BCUT2D eigenvalue weighted by Crippen LogP contribution is -1.97. The molecular formula is C16H16BrN3. The van der Waals surface area contributed by atoms with Crippen LogP contribution in [-0.4, -0.2) is 9.55 Å². The molecule has 3 aromatic rings. The second-order valence-corrected chi connectivity index (χ2v) is 5.75. The van der Waals surface area contributed by atoms with Crippen molar-refractivity contribution in [3.63, 3.8) is 0 Å². The molecule has 0 fully saturated rings. The van der Waals surface area contributed by atoms with Crippen molar-refractivity contribution < 1.29 is 0 Å². The van der Waals surface area contributed by atoms with E-state index in [0.29, 0.717) is 6.54 Å². The van der Waals surface area contributed by atoms with E-state index >= 15 is 0 Å². The minimum atomic E-state index is 0.505. The molecule has 3 nitrogen and oxygen atoms in total. The largest absolute Gasteiger partial charge is 0.327 e. The predicted molar refractivity (Wildman–Crippen MR) is 86.5 cm³/mol. The fourth-order valence-electron chi connectivity index (χ4n) is 2.53. The van der Waals surface area contributed by atoms with Gasteiger partial charge in [0, 0.05) is 23.6 Å². The zero-order valence-electron chi connectivity index (χ0n) is 11.5. The van der Waals surface area contributed by atoms with E-state index in [-0.39, 0.29) is 0 Å². The maximum absolute atomic E-state index is 5.81. The van der Waals surface area contributed by atoms with Gasteiger partial charge in [0.1, 0.15) is 5.82 Å². The summed E-state index contributed by atoms with van der Waals surface area (Å²) >= 11 is 3.58. The molecule has 4 heteroatoms. The first kappa shape index (κ1) is 13.3. The van der Waals surface area contributed by atoms with Crippen LogP contribution in [0.15, 0.2) is 40.9 Å². The molecule has 0 amide bonds. The molecular weight excluding hydrogens is 314 g/mol. The van der Waals surface area contributed by atoms with Crippen molar-refractivity contribution in [1.29, 1.82) is 0 Å². The first-order valence-corrected chi connectivity index (χ1v) is 7.32. The van der Waals surface area contributed by atoms with E-state index in [9.17, 15) is 0 Å². The summed E-state index contributed by atoms with van der Waals surface area (Å²) in [5.74, 6) is 0.972. The van der Waals surface area contributed by atoms with Crippen molar-refractivity contribution in [2.45, 2.75) is 13.5 Å². The summed E-state index contributed by atoms with van der Waals surface area (Å²) in [6.45, 7) is 2.61. The Morgan fingerprint density at radius 1 is 1.20 bits per heavy atom. The summed E-state index contributed by atoms with van der Waals surface area (Å²) in [6.07, 6.45) is 0. The zero-order chi connectivity index (χ0) is 14.3. The van der Waals surface area contributed by atoms with E-state index in [1.54, 1.807) is 0 Å². The highest BCUT2D eigenvalue weighted by Crippen LogP contribution is 2.30. The van der Waals surface area contributed by atoms with Crippen LogP contribution in [0.25, 0.3) is 22.4 Å². The average molecular weight is 330 g/mol. The quantitative estimate of drug-likeness (QED) is 0.777. The lowest BCUT2D eigenvalue weighted by molar-refractivity contribution is 0.957. The van der Waals surface area contributed by atoms with Gasteiger partial charge in [-0.25, -0.2) is 4.98 Å². The van der Waals surface area contributed by atoms with Crippen molar-refractivity contribution >= 4 is 27.0 Å². The highest BCUT2D eigenvalue weighted by Gasteiger charge is 2.14. The molecule has 0 aliphatic carbocycles. The predicted octanol–water partition coefficient (Wildman–Crippen LogP) is 3.77. The second kappa shape index (κ2) is 5.04. The Labute approximate surface area is 126 Å². The van der Waals surface area contributed by atoms with Crippen molar-refractivity contribution in [2.24, 2.45) is 12.8 Å². The van der Waals surface area contributed by atoms with Crippen molar-refractivity contribution in [3.8, 4) is 11.4 Å². The highest BCUT2D eigenvalue weighted by molar-refractivity contribution is 9.10. The van der Waals surface area contributed by atoms with Crippen molar-refractivity contribution in [2.75, 3.05) is 0 Å². The highest BCUT2D eigenvalue weighted by atomic mass is 79.9. The monoisotopic (exact) mass is 329 g/mol. The van der Waals surface area contributed by atoms with E-state index in [0.717, 1.165) is 32.5 Å². The van der Waals surface area contributed by atoms with Crippen molar-refractivity contribution in [3.05, 3.63) is 52.0 Å². The third-order valence-corrected chi connectivity index (χ3v) is 4.58. The number of nitrogens with two attached hydrogens (primary N) is 1. The molecule has 102 valence electrons. The molecule has 0 saturated carbocycles. The third kappa shape index (κ3) is 1.96. The van der Waals surface area contributed by atoms with Gasteiger partial charge in [-0.2, -0.15) is 0 Å². The number of fused-ring (bicyclic) bond motifs is 1. The molecule has 0 spiro atoms. The summed E-state index contributed by atoms with van der Waals surface area (Å²) in [5, 5.41) is 0. The Bertz CT molecular complexity index is 790. The van der Waals surface area contributed by atoms with E-state index in [4.69, 9.17) is 10.7 Å². The number of halogens is 1. The van der Waals surface area contributed by atoms with Gasteiger partial charge in [0.2, 0.25) is 0 Å². The number of nitrogens with zero attached hydrogens (tertiary/aromatic N) is 2. The Balaban J connectivity index is 2.32. The van der Waals surface area contributed by atoms with Gasteiger partial charge in [0.15, 0.2) is 0 Å². The number of hydrogen-bond donors (Lipinski definition) is 1. The van der Waals surface area contributed by atoms with Crippen LogP contribution < -0.4 is 5.73 Å². The number of aryl methyl sites for hydroxylation is 1. The van der Waals surface area contributed by atoms with Gasteiger partial charge in [0.25, 0.3) is 0 Å². The number of hydrogen-bond acceptors (Lipinski definition) is 2. The maximum atomic E-state index is 5.81. The Morgan fingerprint density at radius 3 is 2.70 bits per heavy atom. The summed E-state index contributed by atoms with van der Waals surface area (Å²) in [6, 6.07) is 12.3. The number of para-hydroxylation sites is 1. The SMILES string of the molecule is Cc1c(Br)cccc1-c1nc2c(CN)cccc2n1C. The molecule has 1 aromatic heterocycles. The Morgan fingerprint density at radius 2 is 1.95 bits per heavy atom. The van der Waals surface area contributed by atoms with Gasteiger partial charge in [-0.1, -0.05) is 40.2 Å². The molecule has 1 heterocycles. The van der Waals surface area contributed by atoms with Gasteiger partial charge in [-0.05, 0) is 30.2 Å². The molecule has 2 aromatic carbocycles. The Kier molecular flexibility index (Phi) is 3.36. The smallest absolute Gasteiger partial charge is 0.141 e. The topological polar surface area (TPSA) is 43.8 Å². The van der Waals surface area contributed by atoms with Crippen LogP contribution in [0.2, 0.25) is 0 Å². The number of rotatable bonds is 2. The summed E-state index contributed by atoms with van der Waals surface area (Å²) in [7, 11) is 2.05. The van der Waals surface area contributed by atoms with E-state index in [1.807, 2.05) is 31.3 Å².